The molecule has 4 heteroatoms. The molecule has 0 amide bonds. The van der Waals surface area contributed by atoms with Crippen LogP contribution in [0, 0.1) is 16.7 Å². The van der Waals surface area contributed by atoms with Crippen molar-refractivity contribution in [3.63, 3.8) is 0 Å². The van der Waals surface area contributed by atoms with Gasteiger partial charge in [-0.05, 0) is 0 Å². The van der Waals surface area contributed by atoms with Crippen molar-refractivity contribution in [2.45, 2.75) is 0 Å². The molecule has 1 aromatic rings. The second-order valence-corrected chi connectivity index (χ2v) is 1.42. The van der Waals surface area contributed by atoms with Gasteiger partial charge in [0.25, 0.3) is 0 Å². The molecule has 2 N–H and O–H groups in total. The number of aromatic nitrogens is 2. The van der Waals surface area contributed by atoms with Crippen molar-refractivity contribution in [2.24, 2.45) is 0 Å². The maximum atomic E-state index is 8.17. The summed E-state index contributed by atoms with van der Waals surface area (Å²) in [6.45, 7) is 0. The van der Waals surface area contributed by atoms with Crippen molar-refractivity contribution in [3.05, 3.63) is 18.2 Å². The average molecular weight is 120 g/mol. The molecule has 0 atom stereocenters. The summed E-state index contributed by atoms with van der Waals surface area (Å²) in [6, 6.07) is 1.66. The van der Waals surface area contributed by atoms with Crippen LogP contribution in [0.2, 0.25) is 0 Å². The Morgan fingerprint density at radius 2 is 2.67 bits per heavy atom. The molecule has 0 bridgehead atoms. The van der Waals surface area contributed by atoms with Gasteiger partial charge < -0.3 is 4.98 Å². The molecule has 0 aliphatic heterocycles. The first-order valence-electron chi connectivity index (χ1n) is 2.33. The Morgan fingerprint density at radius 3 is 3.11 bits per heavy atom. The lowest BCUT2D eigenvalue weighted by molar-refractivity contribution is 1.24. The maximum absolute atomic E-state index is 8.17. The van der Waals surface area contributed by atoms with Gasteiger partial charge in [0, 0.05) is 12.4 Å². The van der Waals surface area contributed by atoms with E-state index in [-0.39, 0.29) is 5.71 Å². The normalized spacial score (nSPS) is 8.33. The molecule has 0 aliphatic rings. The number of nitriles is 1. The van der Waals surface area contributed by atoms with Crippen molar-refractivity contribution in [1.29, 1.82) is 10.7 Å². The fourth-order valence-electron chi connectivity index (χ4n) is 0.455. The van der Waals surface area contributed by atoms with Crippen molar-refractivity contribution in [1.82, 2.24) is 9.97 Å². The summed E-state index contributed by atoms with van der Waals surface area (Å²) in [7, 11) is 0. The highest BCUT2D eigenvalue weighted by molar-refractivity contribution is 6.06. The topological polar surface area (TPSA) is 76.3 Å². The third-order valence-electron chi connectivity index (χ3n) is 0.847. The summed E-state index contributed by atoms with van der Waals surface area (Å²) in [5.41, 5.74) is -0.139. The van der Waals surface area contributed by atoms with E-state index in [4.69, 9.17) is 10.7 Å². The van der Waals surface area contributed by atoms with Gasteiger partial charge in [-0.2, -0.15) is 5.26 Å². The molecular weight excluding hydrogens is 116 g/mol. The molecule has 0 saturated heterocycles. The predicted molar refractivity (Wildman–Crippen MR) is 31.0 cm³/mol. The number of hydrogen-bond acceptors (Lipinski definition) is 3. The van der Waals surface area contributed by atoms with Gasteiger partial charge in [0.2, 0.25) is 0 Å². The van der Waals surface area contributed by atoms with E-state index in [0.717, 1.165) is 0 Å². The molecule has 44 valence electrons. The Morgan fingerprint density at radius 1 is 1.89 bits per heavy atom. The fraction of sp³-hybridized carbons (Fsp3) is 0. The molecule has 0 aliphatic carbocycles. The Bertz CT molecular complexity index is 240. The minimum absolute atomic E-state index is 0.139. The van der Waals surface area contributed by atoms with Gasteiger partial charge in [-0.25, -0.2) is 4.98 Å². The van der Waals surface area contributed by atoms with E-state index in [1.54, 1.807) is 12.3 Å². The number of nitrogens with zero attached hydrogens (tertiary/aromatic N) is 2. The van der Waals surface area contributed by atoms with Gasteiger partial charge in [-0.1, -0.05) is 0 Å². The van der Waals surface area contributed by atoms with Gasteiger partial charge in [0.1, 0.15) is 6.07 Å². The van der Waals surface area contributed by atoms with Crippen LogP contribution in [-0.4, -0.2) is 15.7 Å². The number of nitrogens with one attached hydrogen (secondary N) is 2. The van der Waals surface area contributed by atoms with Gasteiger partial charge in [0.15, 0.2) is 11.5 Å². The Balaban J connectivity index is 2.93. The molecule has 0 radical (unpaired) electrons. The van der Waals surface area contributed by atoms with Crippen molar-refractivity contribution in [2.75, 3.05) is 0 Å². The summed E-state index contributed by atoms with van der Waals surface area (Å²) >= 11 is 0. The molecule has 4 nitrogen and oxygen atoms in total. The third kappa shape index (κ3) is 0.941. The van der Waals surface area contributed by atoms with Gasteiger partial charge in [0.05, 0.1) is 0 Å². The second kappa shape index (κ2) is 2.09. The van der Waals surface area contributed by atoms with E-state index in [0.29, 0.717) is 5.82 Å². The van der Waals surface area contributed by atoms with Crippen LogP contribution in [0.15, 0.2) is 12.4 Å². The van der Waals surface area contributed by atoms with Crippen LogP contribution in [-0.2, 0) is 0 Å². The highest BCUT2D eigenvalue weighted by Crippen LogP contribution is 1.86. The van der Waals surface area contributed by atoms with Crippen LogP contribution in [0.3, 0.4) is 0 Å². The zero-order chi connectivity index (χ0) is 6.69. The number of H-pyrrole nitrogens is 1. The lowest BCUT2D eigenvalue weighted by Gasteiger charge is -1.81. The van der Waals surface area contributed by atoms with Crippen LogP contribution < -0.4 is 0 Å². The van der Waals surface area contributed by atoms with Gasteiger partial charge in [-0.3, -0.25) is 5.41 Å². The van der Waals surface area contributed by atoms with Crippen LogP contribution >= 0.6 is 0 Å². The fourth-order valence-corrected chi connectivity index (χ4v) is 0.455. The zero-order valence-electron chi connectivity index (χ0n) is 4.55. The van der Waals surface area contributed by atoms with Crippen LogP contribution in [0.5, 0.6) is 0 Å². The molecule has 0 fully saturated rings. The zero-order valence-corrected chi connectivity index (χ0v) is 4.55. The summed E-state index contributed by atoms with van der Waals surface area (Å²) < 4.78 is 0. The first-order chi connectivity index (χ1) is 4.34. The molecule has 0 saturated carbocycles. The van der Waals surface area contributed by atoms with Crippen LogP contribution in [0.4, 0.5) is 0 Å². The Labute approximate surface area is 51.7 Å². The van der Waals surface area contributed by atoms with E-state index in [2.05, 4.69) is 9.97 Å². The molecule has 0 aromatic carbocycles. The first kappa shape index (κ1) is 5.51. The minimum Gasteiger partial charge on any atom is -0.343 e. The monoisotopic (exact) mass is 120 g/mol. The van der Waals surface area contributed by atoms with Gasteiger partial charge >= 0.3 is 0 Å². The van der Waals surface area contributed by atoms with E-state index in [9.17, 15) is 0 Å². The first-order valence-corrected chi connectivity index (χ1v) is 2.33. The van der Waals surface area contributed by atoms with Crippen molar-refractivity contribution in [3.8, 4) is 6.07 Å². The largest absolute Gasteiger partial charge is 0.343 e. The maximum Gasteiger partial charge on any atom is 0.175 e. The highest BCUT2D eigenvalue weighted by atomic mass is 14.9. The predicted octanol–water partition coefficient (Wildman–Crippen LogP) is 0.301. The van der Waals surface area contributed by atoms with E-state index < -0.39 is 0 Å². The summed E-state index contributed by atoms with van der Waals surface area (Å²) in [5, 5.41) is 15.1. The molecule has 0 spiro atoms. The molecule has 1 heterocycles. The van der Waals surface area contributed by atoms with Crippen LogP contribution in [0.25, 0.3) is 0 Å². The minimum atomic E-state index is -0.139. The van der Waals surface area contributed by atoms with Crippen molar-refractivity contribution < 1.29 is 0 Å². The number of imidazole rings is 1. The van der Waals surface area contributed by atoms with E-state index in [1.807, 2.05) is 0 Å². The molecular formula is C5H4N4. The molecule has 0 unspecified atom stereocenters. The Kier molecular flexibility index (Phi) is 1.28. The molecule has 1 rings (SSSR count). The summed E-state index contributed by atoms with van der Waals surface area (Å²) in [5.74, 6) is 0.317. The number of rotatable bonds is 1. The standard InChI is InChI=1S/C5H4N4/c6-3-4(7)5-8-1-2-9-5/h1-2,7H,(H,8,9). The SMILES string of the molecule is N#CC(=N)c1ncc[nH]1. The number of aromatic amines is 1. The lowest BCUT2D eigenvalue weighted by atomic mass is 10.4. The summed E-state index contributed by atoms with van der Waals surface area (Å²) in [6.07, 6.45) is 3.07. The van der Waals surface area contributed by atoms with E-state index >= 15 is 0 Å². The summed E-state index contributed by atoms with van der Waals surface area (Å²) in [4.78, 5) is 6.31. The molecule has 9 heavy (non-hydrogen) atoms. The smallest absolute Gasteiger partial charge is 0.175 e. The second-order valence-electron chi connectivity index (χ2n) is 1.42. The number of hydrogen-bond donors (Lipinski definition) is 2. The van der Waals surface area contributed by atoms with Crippen molar-refractivity contribution >= 4 is 5.71 Å². The molecule has 1 aromatic heterocycles. The highest BCUT2D eigenvalue weighted by Gasteiger charge is 1.98. The third-order valence-corrected chi connectivity index (χ3v) is 0.847. The lowest BCUT2D eigenvalue weighted by Crippen LogP contribution is -1.96. The average Bonchev–Trinajstić information content (AvgIpc) is 2.37. The van der Waals surface area contributed by atoms with Crippen LogP contribution in [0.1, 0.15) is 5.82 Å². The Hall–Kier alpha value is -1.63. The quantitative estimate of drug-likeness (QED) is 0.523. The van der Waals surface area contributed by atoms with E-state index in [1.165, 1.54) is 6.20 Å². The van der Waals surface area contributed by atoms with Gasteiger partial charge in [-0.15, -0.1) is 0 Å².